The average Bonchev–Trinajstić information content (AvgIpc) is 1.95. The zero-order chi connectivity index (χ0) is 11.3. The van der Waals surface area contributed by atoms with Crippen molar-refractivity contribution in [2.45, 2.75) is 31.2 Å². The fraction of sp³-hybridized carbons (Fsp3) is 0.750. The Morgan fingerprint density at radius 2 is 1.60 bits per heavy atom. The smallest absolute Gasteiger partial charge is 0.392 e. The number of rotatable bonds is 0. The molecule has 0 amide bonds. The highest BCUT2D eigenvalue weighted by Crippen LogP contribution is 2.50. The molecule has 0 aromatic rings. The van der Waals surface area contributed by atoms with Crippen molar-refractivity contribution in [1.29, 1.82) is 0 Å². The van der Waals surface area contributed by atoms with Gasteiger partial charge in [-0.05, 0) is 0 Å². The molecule has 2 aliphatic rings. The van der Waals surface area contributed by atoms with Crippen molar-refractivity contribution in [2.75, 3.05) is 0 Å². The normalized spacial score (nSPS) is 25.8. The van der Waals surface area contributed by atoms with Crippen LogP contribution in [0.4, 0.5) is 13.2 Å². The summed E-state index contributed by atoms with van der Waals surface area (Å²) < 4.78 is 45.7. The third-order valence-corrected chi connectivity index (χ3v) is 2.47. The minimum absolute atomic E-state index is 0.492. The van der Waals surface area contributed by atoms with Crippen molar-refractivity contribution in [3.63, 3.8) is 0 Å². The number of ether oxygens (including phenoxy) is 2. The van der Waals surface area contributed by atoms with Gasteiger partial charge in [-0.3, -0.25) is 9.59 Å². The summed E-state index contributed by atoms with van der Waals surface area (Å²) >= 11 is 0. The van der Waals surface area contributed by atoms with Gasteiger partial charge >= 0.3 is 18.1 Å². The second-order valence-electron chi connectivity index (χ2n) is 3.68. The highest BCUT2D eigenvalue weighted by Gasteiger charge is 2.62. The number of alkyl halides is 3. The molecule has 0 atom stereocenters. The first-order chi connectivity index (χ1) is 6.81. The van der Waals surface area contributed by atoms with Crippen LogP contribution in [0.3, 0.4) is 0 Å². The predicted octanol–water partition coefficient (Wildman–Crippen LogP) is 1.15. The van der Waals surface area contributed by atoms with E-state index >= 15 is 0 Å². The Bertz CT molecular complexity index is 298. The third kappa shape index (κ3) is 1.78. The lowest BCUT2D eigenvalue weighted by molar-refractivity contribution is -0.322. The van der Waals surface area contributed by atoms with Crippen LogP contribution in [0.5, 0.6) is 0 Å². The van der Waals surface area contributed by atoms with Gasteiger partial charge in [0.05, 0.1) is 5.92 Å². The number of hydrogen-bond acceptors (Lipinski definition) is 4. The lowest BCUT2D eigenvalue weighted by Gasteiger charge is -2.47. The molecule has 0 aromatic carbocycles. The van der Waals surface area contributed by atoms with E-state index in [-0.39, 0.29) is 0 Å². The van der Waals surface area contributed by atoms with E-state index in [0.29, 0.717) is 0 Å². The average molecular weight is 224 g/mol. The van der Waals surface area contributed by atoms with Crippen LogP contribution in [0.1, 0.15) is 19.3 Å². The highest BCUT2D eigenvalue weighted by molar-refractivity contribution is 5.93. The monoisotopic (exact) mass is 224 g/mol. The lowest BCUT2D eigenvalue weighted by atomic mass is 9.78. The van der Waals surface area contributed by atoms with Gasteiger partial charge in [-0.2, -0.15) is 13.2 Å². The zero-order valence-electron chi connectivity index (χ0n) is 7.47. The predicted molar refractivity (Wildman–Crippen MR) is 38.3 cm³/mol. The Morgan fingerprint density at radius 3 is 2.00 bits per heavy atom. The van der Waals surface area contributed by atoms with Crippen molar-refractivity contribution in [2.24, 2.45) is 5.92 Å². The summed E-state index contributed by atoms with van der Waals surface area (Å²) in [6, 6.07) is 0. The van der Waals surface area contributed by atoms with Gasteiger partial charge in [0.25, 0.3) is 5.79 Å². The van der Waals surface area contributed by atoms with Crippen molar-refractivity contribution in [3.05, 3.63) is 0 Å². The van der Waals surface area contributed by atoms with Crippen LogP contribution in [0.15, 0.2) is 0 Å². The summed E-state index contributed by atoms with van der Waals surface area (Å²) in [6.07, 6.45) is -5.85. The molecule has 7 heteroatoms. The van der Waals surface area contributed by atoms with Crippen LogP contribution in [-0.2, 0) is 19.1 Å². The van der Waals surface area contributed by atoms with Gasteiger partial charge in [-0.1, -0.05) is 0 Å². The second-order valence-corrected chi connectivity index (χ2v) is 3.68. The number of carbonyl (C=O) groups excluding carboxylic acids is 2. The summed E-state index contributed by atoms with van der Waals surface area (Å²) in [5, 5.41) is 0. The van der Waals surface area contributed by atoms with Gasteiger partial charge in [0.15, 0.2) is 0 Å². The van der Waals surface area contributed by atoms with E-state index in [2.05, 4.69) is 9.47 Å². The molecule has 15 heavy (non-hydrogen) atoms. The number of esters is 2. The molecule has 1 saturated heterocycles. The maximum atomic E-state index is 12.2. The molecule has 4 nitrogen and oxygen atoms in total. The van der Waals surface area contributed by atoms with Crippen LogP contribution >= 0.6 is 0 Å². The first-order valence-electron chi connectivity index (χ1n) is 4.31. The summed E-state index contributed by atoms with van der Waals surface area (Å²) in [5.74, 6) is -4.86. The molecule has 1 aliphatic heterocycles. The molecule has 2 rings (SSSR count). The van der Waals surface area contributed by atoms with Crippen LogP contribution in [-0.4, -0.2) is 23.9 Å². The number of carbonyl (C=O) groups is 2. The van der Waals surface area contributed by atoms with Crippen molar-refractivity contribution in [3.8, 4) is 0 Å². The molecule has 0 radical (unpaired) electrons. The van der Waals surface area contributed by atoms with Crippen LogP contribution in [0.25, 0.3) is 0 Å². The topological polar surface area (TPSA) is 52.6 Å². The van der Waals surface area contributed by atoms with E-state index in [1.54, 1.807) is 0 Å². The van der Waals surface area contributed by atoms with Crippen LogP contribution in [0.2, 0.25) is 0 Å². The molecule has 1 heterocycles. The molecule has 84 valence electrons. The molecule has 2 fully saturated rings. The molecule has 0 bridgehead atoms. The van der Waals surface area contributed by atoms with E-state index in [9.17, 15) is 22.8 Å². The van der Waals surface area contributed by atoms with E-state index in [4.69, 9.17) is 0 Å². The van der Waals surface area contributed by atoms with E-state index in [0.717, 1.165) is 0 Å². The Hall–Kier alpha value is -1.27. The minimum atomic E-state index is -4.33. The Balaban J connectivity index is 2.01. The van der Waals surface area contributed by atoms with E-state index < -0.39 is 49.1 Å². The van der Waals surface area contributed by atoms with Gasteiger partial charge < -0.3 is 9.47 Å². The molecular formula is C8H7F3O4. The Kier molecular flexibility index (Phi) is 1.96. The minimum Gasteiger partial charge on any atom is -0.422 e. The molecular weight excluding hydrogens is 217 g/mol. The SMILES string of the molecule is O=C1CC(=O)OC2(CC(C(F)(F)F)C2)O1. The maximum Gasteiger partial charge on any atom is 0.392 e. The van der Waals surface area contributed by atoms with Gasteiger partial charge in [0, 0.05) is 12.8 Å². The molecule has 1 spiro atoms. The van der Waals surface area contributed by atoms with Gasteiger partial charge in [0.1, 0.15) is 6.42 Å². The summed E-state index contributed by atoms with van der Waals surface area (Å²) in [6.45, 7) is 0. The molecule has 1 aliphatic carbocycles. The lowest BCUT2D eigenvalue weighted by Crippen LogP contribution is -2.57. The first kappa shape index (κ1) is 10.3. The zero-order valence-corrected chi connectivity index (χ0v) is 7.47. The second kappa shape index (κ2) is 2.86. The quantitative estimate of drug-likeness (QED) is 0.457. The van der Waals surface area contributed by atoms with E-state index in [1.807, 2.05) is 0 Å². The standard InChI is InChI=1S/C8H7F3O4/c9-8(10,11)4-2-7(3-4)14-5(12)1-6(13)15-7/h4H,1-3H2. The molecule has 0 unspecified atom stereocenters. The van der Waals surface area contributed by atoms with Gasteiger partial charge in [-0.25, -0.2) is 0 Å². The van der Waals surface area contributed by atoms with Crippen LogP contribution < -0.4 is 0 Å². The van der Waals surface area contributed by atoms with E-state index in [1.165, 1.54) is 0 Å². The van der Waals surface area contributed by atoms with Gasteiger partial charge in [-0.15, -0.1) is 0 Å². The molecule has 0 aromatic heterocycles. The van der Waals surface area contributed by atoms with Crippen LogP contribution in [0, 0.1) is 5.92 Å². The first-order valence-corrected chi connectivity index (χ1v) is 4.31. The molecule has 1 saturated carbocycles. The molecule has 0 N–H and O–H groups in total. The largest absolute Gasteiger partial charge is 0.422 e. The number of hydrogen-bond donors (Lipinski definition) is 0. The van der Waals surface area contributed by atoms with Gasteiger partial charge in [0.2, 0.25) is 0 Å². The third-order valence-electron chi connectivity index (χ3n) is 2.47. The fourth-order valence-corrected chi connectivity index (χ4v) is 1.71. The highest BCUT2D eigenvalue weighted by atomic mass is 19.4. The maximum absolute atomic E-state index is 12.2. The summed E-state index contributed by atoms with van der Waals surface area (Å²) in [5.41, 5.74) is 0. The summed E-state index contributed by atoms with van der Waals surface area (Å²) in [4.78, 5) is 21.7. The Morgan fingerprint density at radius 1 is 1.13 bits per heavy atom. The van der Waals surface area contributed by atoms with Crippen molar-refractivity contribution in [1.82, 2.24) is 0 Å². The van der Waals surface area contributed by atoms with Crippen molar-refractivity contribution < 1.29 is 32.2 Å². The number of halogens is 3. The van der Waals surface area contributed by atoms with Crippen molar-refractivity contribution >= 4 is 11.9 Å². The fourth-order valence-electron chi connectivity index (χ4n) is 1.71. The summed E-state index contributed by atoms with van der Waals surface area (Å²) in [7, 11) is 0. The Labute approximate surface area is 82.3 Å².